The number of carbonyl (C=O) groups excluding carboxylic acids is 3. The Hall–Kier alpha value is -3.35. The molecule has 0 N–H and O–H groups in total. The molecule has 0 bridgehead atoms. The van der Waals surface area contributed by atoms with Crippen molar-refractivity contribution < 1.29 is 28.6 Å². The van der Waals surface area contributed by atoms with Crippen LogP contribution >= 0.6 is 0 Å². The molecule has 7 heteroatoms. The summed E-state index contributed by atoms with van der Waals surface area (Å²) >= 11 is 0. The molecule has 2 amide bonds. The molecule has 0 unspecified atom stereocenters. The van der Waals surface area contributed by atoms with Crippen molar-refractivity contribution in [2.45, 2.75) is 19.9 Å². The Labute approximate surface area is 155 Å². The second kappa shape index (κ2) is 6.42. The fraction of sp³-hybridized carbons (Fsp3) is 0.250. The maximum atomic E-state index is 12.8. The molecule has 0 radical (unpaired) electrons. The van der Waals surface area contributed by atoms with Crippen molar-refractivity contribution in [3.8, 4) is 17.2 Å². The first-order valence-corrected chi connectivity index (χ1v) is 8.55. The summed E-state index contributed by atoms with van der Waals surface area (Å²) in [6.07, 6.45) is 0. The van der Waals surface area contributed by atoms with Crippen LogP contribution in [0.4, 0.5) is 0 Å². The highest BCUT2D eigenvalue weighted by molar-refractivity contribution is 6.22. The largest absolute Gasteiger partial charge is 0.454 e. The van der Waals surface area contributed by atoms with Crippen LogP contribution in [0.3, 0.4) is 0 Å². The van der Waals surface area contributed by atoms with E-state index in [1.165, 1.54) is 0 Å². The molecule has 138 valence electrons. The van der Waals surface area contributed by atoms with E-state index in [4.69, 9.17) is 14.2 Å². The Bertz CT molecular complexity index is 916. The third kappa shape index (κ3) is 2.81. The number of amides is 2. The van der Waals surface area contributed by atoms with Gasteiger partial charge in [-0.1, -0.05) is 26.0 Å². The van der Waals surface area contributed by atoms with Gasteiger partial charge in [0.05, 0.1) is 11.1 Å². The molecule has 2 heterocycles. The first kappa shape index (κ1) is 17.1. The summed E-state index contributed by atoms with van der Waals surface area (Å²) in [6.45, 7) is 3.63. The average molecular weight is 367 g/mol. The second-order valence-electron chi connectivity index (χ2n) is 6.65. The fourth-order valence-electron chi connectivity index (χ4n) is 3.25. The standard InChI is InChI=1S/C20H17NO6/c1-11(2)17(21-18(22)13-5-3-4-6-14(13)19(21)23)20(24)27-12-7-8-15-16(9-12)26-10-25-15/h3-9,11,17H,10H2,1-2H3/t17-/m0/s1. The third-order valence-electron chi connectivity index (χ3n) is 4.54. The van der Waals surface area contributed by atoms with Gasteiger partial charge in [0.15, 0.2) is 11.5 Å². The summed E-state index contributed by atoms with van der Waals surface area (Å²) in [5.41, 5.74) is 0.591. The second-order valence-corrected chi connectivity index (χ2v) is 6.65. The number of rotatable bonds is 4. The summed E-state index contributed by atoms with van der Waals surface area (Å²) in [7, 11) is 0. The van der Waals surface area contributed by atoms with E-state index in [-0.39, 0.29) is 18.5 Å². The highest BCUT2D eigenvalue weighted by Gasteiger charge is 2.44. The van der Waals surface area contributed by atoms with Gasteiger partial charge in [0.2, 0.25) is 6.79 Å². The minimum Gasteiger partial charge on any atom is -0.454 e. The molecule has 2 aliphatic rings. The Morgan fingerprint density at radius 2 is 1.63 bits per heavy atom. The lowest BCUT2D eigenvalue weighted by Crippen LogP contribution is -2.49. The van der Waals surface area contributed by atoms with E-state index in [1.54, 1.807) is 56.3 Å². The van der Waals surface area contributed by atoms with Crippen molar-refractivity contribution in [2.24, 2.45) is 5.92 Å². The number of imide groups is 1. The van der Waals surface area contributed by atoms with E-state index in [2.05, 4.69) is 0 Å². The predicted octanol–water partition coefficient (Wildman–Crippen LogP) is 2.64. The van der Waals surface area contributed by atoms with E-state index in [1.807, 2.05) is 0 Å². The average Bonchev–Trinajstić information content (AvgIpc) is 3.20. The van der Waals surface area contributed by atoms with Crippen LogP contribution in [-0.2, 0) is 4.79 Å². The predicted molar refractivity (Wildman–Crippen MR) is 93.8 cm³/mol. The number of ether oxygens (including phenoxy) is 3. The van der Waals surface area contributed by atoms with E-state index in [0.717, 1.165) is 4.90 Å². The van der Waals surface area contributed by atoms with Gasteiger partial charge in [0.1, 0.15) is 11.8 Å². The number of fused-ring (bicyclic) bond motifs is 2. The van der Waals surface area contributed by atoms with Crippen LogP contribution in [0.1, 0.15) is 34.6 Å². The highest BCUT2D eigenvalue weighted by Crippen LogP contribution is 2.35. The van der Waals surface area contributed by atoms with E-state index in [9.17, 15) is 14.4 Å². The maximum Gasteiger partial charge on any atom is 0.335 e. The van der Waals surface area contributed by atoms with Crippen LogP contribution in [0, 0.1) is 5.92 Å². The van der Waals surface area contributed by atoms with Crippen LogP contribution in [0.2, 0.25) is 0 Å². The smallest absolute Gasteiger partial charge is 0.335 e. The zero-order chi connectivity index (χ0) is 19.1. The Morgan fingerprint density at radius 3 is 2.26 bits per heavy atom. The van der Waals surface area contributed by atoms with Gasteiger partial charge in [-0.05, 0) is 30.2 Å². The molecule has 4 rings (SSSR count). The third-order valence-corrected chi connectivity index (χ3v) is 4.54. The zero-order valence-electron chi connectivity index (χ0n) is 14.8. The fourth-order valence-corrected chi connectivity index (χ4v) is 3.25. The molecule has 0 aromatic heterocycles. The molecular formula is C20H17NO6. The number of carbonyl (C=O) groups is 3. The number of hydrogen-bond acceptors (Lipinski definition) is 6. The van der Waals surface area contributed by atoms with Gasteiger partial charge in [-0.15, -0.1) is 0 Å². The summed E-state index contributed by atoms with van der Waals surface area (Å²) in [5, 5.41) is 0. The van der Waals surface area contributed by atoms with Gasteiger partial charge in [-0.3, -0.25) is 14.5 Å². The number of hydrogen-bond donors (Lipinski definition) is 0. The zero-order valence-corrected chi connectivity index (χ0v) is 14.8. The van der Waals surface area contributed by atoms with Crippen molar-refractivity contribution in [1.29, 1.82) is 0 Å². The Morgan fingerprint density at radius 1 is 1.00 bits per heavy atom. The molecule has 0 aliphatic carbocycles. The van der Waals surface area contributed by atoms with Crippen molar-refractivity contribution in [2.75, 3.05) is 6.79 Å². The Kier molecular flexibility index (Phi) is 4.07. The first-order valence-electron chi connectivity index (χ1n) is 8.55. The molecule has 0 saturated carbocycles. The molecule has 0 spiro atoms. The molecule has 0 fully saturated rings. The monoisotopic (exact) mass is 367 g/mol. The summed E-state index contributed by atoms with van der Waals surface area (Å²) in [4.78, 5) is 39.3. The van der Waals surface area contributed by atoms with E-state index in [0.29, 0.717) is 22.6 Å². The van der Waals surface area contributed by atoms with Gasteiger partial charge in [-0.2, -0.15) is 0 Å². The van der Waals surface area contributed by atoms with Crippen molar-refractivity contribution in [3.05, 3.63) is 53.6 Å². The SMILES string of the molecule is CC(C)[C@@H](C(=O)Oc1ccc2c(c1)OCO2)N1C(=O)c2ccccc2C1=O. The summed E-state index contributed by atoms with van der Waals surface area (Å²) < 4.78 is 16.0. The molecule has 2 aromatic carbocycles. The minimum atomic E-state index is -1.04. The van der Waals surface area contributed by atoms with Crippen LogP contribution in [0.25, 0.3) is 0 Å². The van der Waals surface area contributed by atoms with E-state index >= 15 is 0 Å². The van der Waals surface area contributed by atoms with Crippen molar-refractivity contribution >= 4 is 17.8 Å². The maximum absolute atomic E-state index is 12.8. The van der Waals surface area contributed by atoms with Crippen molar-refractivity contribution in [3.63, 3.8) is 0 Å². The van der Waals surface area contributed by atoms with Crippen LogP contribution in [0.5, 0.6) is 17.2 Å². The van der Waals surface area contributed by atoms with Crippen LogP contribution < -0.4 is 14.2 Å². The molecular weight excluding hydrogens is 350 g/mol. The normalized spacial score (nSPS) is 15.9. The van der Waals surface area contributed by atoms with Crippen LogP contribution in [0.15, 0.2) is 42.5 Å². The first-order chi connectivity index (χ1) is 13.0. The number of benzene rings is 2. The van der Waals surface area contributed by atoms with E-state index < -0.39 is 23.8 Å². The van der Waals surface area contributed by atoms with Gasteiger partial charge in [0.25, 0.3) is 11.8 Å². The summed E-state index contributed by atoms with van der Waals surface area (Å²) in [5.74, 6) is -0.690. The van der Waals surface area contributed by atoms with Gasteiger partial charge in [0, 0.05) is 6.07 Å². The number of nitrogens with zero attached hydrogens (tertiary/aromatic N) is 1. The summed E-state index contributed by atoms with van der Waals surface area (Å²) in [6, 6.07) is 10.2. The molecule has 27 heavy (non-hydrogen) atoms. The van der Waals surface area contributed by atoms with Crippen LogP contribution in [-0.4, -0.2) is 35.5 Å². The molecule has 2 aromatic rings. The van der Waals surface area contributed by atoms with Gasteiger partial charge >= 0.3 is 5.97 Å². The molecule has 7 nitrogen and oxygen atoms in total. The van der Waals surface area contributed by atoms with Gasteiger partial charge < -0.3 is 14.2 Å². The lowest BCUT2D eigenvalue weighted by atomic mass is 10.0. The van der Waals surface area contributed by atoms with Crippen molar-refractivity contribution in [1.82, 2.24) is 4.90 Å². The topological polar surface area (TPSA) is 82.1 Å². The molecule has 2 aliphatic heterocycles. The van der Waals surface area contributed by atoms with Gasteiger partial charge in [-0.25, -0.2) is 4.79 Å². The lowest BCUT2D eigenvalue weighted by Gasteiger charge is -2.27. The molecule has 1 atom stereocenters. The lowest BCUT2D eigenvalue weighted by molar-refractivity contribution is -0.140. The molecule has 0 saturated heterocycles. The number of esters is 1. The quantitative estimate of drug-likeness (QED) is 0.469. The minimum absolute atomic E-state index is 0.108. The Balaban J connectivity index is 1.61. The highest BCUT2D eigenvalue weighted by atomic mass is 16.7.